The maximum atomic E-state index is 10.5. The lowest BCUT2D eigenvalue weighted by molar-refractivity contribution is -0.289. The van der Waals surface area contributed by atoms with Crippen LogP contribution in [0, 0.1) is 0 Å². The summed E-state index contributed by atoms with van der Waals surface area (Å²) in [6, 6.07) is 12.0. The van der Waals surface area contributed by atoms with Crippen molar-refractivity contribution in [2.24, 2.45) is 0 Å². The molecule has 3 aromatic rings. The number of ether oxygens (including phenoxy) is 5. The van der Waals surface area contributed by atoms with Gasteiger partial charge in [-0.2, -0.15) is 0 Å². The van der Waals surface area contributed by atoms with Gasteiger partial charge in [0.05, 0.1) is 26.9 Å². The summed E-state index contributed by atoms with van der Waals surface area (Å²) in [6.45, 7) is -1.52. The molecule has 0 amide bonds. The molecule has 0 bridgehead atoms. The van der Waals surface area contributed by atoms with Crippen LogP contribution in [0.5, 0.6) is 17.2 Å². The van der Waals surface area contributed by atoms with Crippen molar-refractivity contribution in [3.8, 4) is 17.2 Å². The van der Waals surface area contributed by atoms with E-state index in [0.717, 1.165) is 5.39 Å². The first-order valence-corrected chi connectivity index (χ1v) is 12.0. The van der Waals surface area contributed by atoms with Crippen molar-refractivity contribution in [1.82, 2.24) is 0 Å². The average molecular weight is 535 g/mol. The van der Waals surface area contributed by atoms with Gasteiger partial charge >= 0.3 is 0 Å². The molecule has 2 aliphatic rings. The summed E-state index contributed by atoms with van der Waals surface area (Å²) in [4.78, 5) is 0. The highest BCUT2D eigenvalue weighted by Crippen LogP contribution is 2.40. The normalized spacial score (nSPS) is 33.6. The molecule has 2 fully saturated rings. The number of rotatable bonds is 7. The van der Waals surface area contributed by atoms with Crippen LogP contribution in [0.2, 0.25) is 0 Å². The van der Waals surface area contributed by atoms with Crippen molar-refractivity contribution in [1.29, 1.82) is 0 Å². The van der Waals surface area contributed by atoms with Gasteiger partial charge in [-0.3, -0.25) is 0 Å². The van der Waals surface area contributed by atoms with E-state index in [9.17, 15) is 35.7 Å². The number of aromatic hydroxyl groups is 1. The van der Waals surface area contributed by atoms with Crippen LogP contribution >= 0.6 is 0 Å². The van der Waals surface area contributed by atoms with E-state index in [1.807, 2.05) is 18.2 Å². The number of phenolic OH excluding ortho intramolecular Hbond substituents is 1. The summed E-state index contributed by atoms with van der Waals surface area (Å²) in [7, 11) is 1.47. The fourth-order valence-corrected chi connectivity index (χ4v) is 4.80. The minimum Gasteiger partial charge on any atom is -0.507 e. The standard InChI is InChI=1S/C26H30O12/c1-34-16-8-14(7-13-6-5-12-3-2-4-15(28)18(12)19(13)16)37-24-22(31)21(30)20(29)17(38-24)9-35-25-23(32)26(33,10-27)11-36-25/h2-8,17,20-25,27-33H,9-11H2,1H3. The van der Waals surface area contributed by atoms with E-state index in [1.165, 1.54) is 7.11 Å². The monoisotopic (exact) mass is 534 g/mol. The van der Waals surface area contributed by atoms with E-state index >= 15 is 0 Å². The van der Waals surface area contributed by atoms with Crippen LogP contribution in [-0.2, 0) is 14.2 Å². The van der Waals surface area contributed by atoms with E-state index in [-0.39, 0.29) is 18.1 Å². The summed E-state index contributed by atoms with van der Waals surface area (Å²) >= 11 is 0. The van der Waals surface area contributed by atoms with Crippen molar-refractivity contribution in [3.05, 3.63) is 42.5 Å². The van der Waals surface area contributed by atoms with E-state index < -0.39 is 61.9 Å². The Bertz CT molecular complexity index is 1300. The van der Waals surface area contributed by atoms with Crippen LogP contribution in [0.25, 0.3) is 21.5 Å². The molecule has 8 atom stereocenters. The lowest BCUT2D eigenvalue weighted by Gasteiger charge is -2.40. The third-order valence-corrected chi connectivity index (χ3v) is 7.02. The molecule has 2 aliphatic heterocycles. The summed E-state index contributed by atoms with van der Waals surface area (Å²) in [5, 5.41) is 74.1. The van der Waals surface area contributed by atoms with Gasteiger partial charge in [0.15, 0.2) is 6.29 Å². The molecule has 0 aliphatic carbocycles. The predicted molar refractivity (Wildman–Crippen MR) is 131 cm³/mol. The van der Waals surface area contributed by atoms with Crippen LogP contribution in [-0.4, -0.2) is 111 Å². The van der Waals surface area contributed by atoms with Crippen LogP contribution < -0.4 is 9.47 Å². The molecular weight excluding hydrogens is 504 g/mol. The fourth-order valence-electron chi connectivity index (χ4n) is 4.80. The van der Waals surface area contributed by atoms with Crippen molar-refractivity contribution in [2.45, 2.75) is 48.7 Å². The molecule has 7 N–H and O–H groups in total. The Labute approximate surface area is 216 Å². The molecule has 0 radical (unpaired) electrons. The Morgan fingerprint density at radius 3 is 2.42 bits per heavy atom. The quantitative estimate of drug-likeness (QED) is 0.190. The molecule has 2 saturated heterocycles. The Morgan fingerprint density at radius 1 is 0.947 bits per heavy atom. The van der Waals surface area contributed by atoms with Gasteiger partial charge in [0.1, 0.15) is 53.4 Å². The SMILES string of the molecule is COc1cc(OC2OC(COC3OCC(O)(CO)C3O)C(O)C(O)C2O)cc2ccc3cccc(O)c3c12. The minimum absolute atomic E-state index is 0.0832. The molecule has 12 nitrogen and oxygen atoms in total. The van der Waals surface area contributed by atoms with Gasteiger partial charge in [-0.15, -0.1) is 0 Å². The summed E-state index contributed by atoms with van der Waals surface area (Å²) < 4.78 is 27.7. The molecular formula is C26H30O12. The van der Waals surface area contributed by atoms with E-state index in [1.54, 1.807) is 24.3 Å². The van der Waals surface area contributed by atoms with Gasteiger partial charge in [0.2, 0.25) is 6.29 Å². The smallest absolute Gasteiger partial charge is 0.229 e. The summed E-state index contributed by atoms with van der Waals surface area (Å²) in [6.07, 6.45) is -10.4. The van der Waals surface area contributed by atoms with Crippen molar-refractivity contribution in [3.63, 3.8) is 0 Å². The second-order valence-electron chi connectivity index (χ2n) is 9.52. The first-order valence-electron chi connectivity index (χ1n) is 12.0. The Kier molecular flexibility index (Phi) is 7.35. The zero-order valence-corrected chi connectivity index (χ0v) is 20.4. The van der Waals surface area contributed by atoms with Crippen molar-refractivity contribution < 1.29 is 59.4 Å². The number of fused-ring (bicyclic) bond motifs is 3. The first kappa shape index (κ1) is 26.8. The molecule has 12 heteroatoms. The highest BCUT2D eigenvalue weighted by atomic mass is 16.7. The number of hydrogen-bond acceptors (Lipinski definition) is 12. The van der Waals surface area contributed by atoms with E-state index in [4.69, 9.17) is 23.7 Å². The third-order valence-electron chi connectivity index (χ3n) is 7.02. The molecule has 8 unspecified atom stereocenters. The van der Waals surface area contributed by atoms with Crippen molar-refractivity contribution >= 4 is 21.5 Å². The van der Waals surface area contributed by atoms with Gasteiger partial charge in [-0.1, -0.05) is 24.3 Å². The van der Waals surface area contributed by atoms with Crippen LogP contribution in [0.15, 0.2) is 42.5 Å². The second kappa shape index (κ2) is 10.4. The average Bonchev–Trinajstić information content (AvgIpc) is 3.21. The molecule has 0 spiro atoms. The number of aliphatic hydroxyl groups is 6. The Balaban J connectivity index is 1.36. The summed E-state index contributed by atoms with van der Waals surface area (Å²) in [5.74, 6) is 0.693. The molecule has 38 heavy (non-hydrogen) atoms. The molecule has 0 aromatic heterocycles. The molecule has 3 aromatic carbocycles. The van der Waals surface area contributed by atoms with Crippen molar-refractivity contribution in [2.75, 3.05) is 26.9 Å². The highest BCUT2D eigenvalue weighted by molar-refractivity contribution is 6.13. The first-order chi connectivity index (χ1) is 18.2. The third kappa shape index (κ3) is 4.64. The lowest BCUT2D eigenvalue weighted by atomic mass is 9.98. The van der Waals surface area contributed by atoms with Crippen LogP contribution in [0.3, 0.4) is 0 Å². The Morgan fingerprint density at radius 2 is 1.71 bits per heavy atom. The Hall–Kier alpha value is -2.78. The van der Waals surface area contributed by atoms with E-state index in [2.05, 4.69) is 0 Å². The molecule has 206 valence electrons. The topological polar surface area (TPSA) is 188 Å². The van der Waals surface area contributed by atoms with Gasteiger partial charge in [-0.05, 0) is 22.9 Å². The maximum Gasteiger partial charge on any atom is 0.229 e. The van der Waals surface area contributed by atoms with E-state index in [0.29, 0.717) is 21.9 Å². The number of aliphatic hydroxyl groups excluding tert-OH is 5. The number of benzene rings is 3. The molecule has 0 saturated carbocycles. The second-order valence-corrected chi connectivity index (χ2v) is 9.52. The van der Waals surface area contributed by atoms with Gasteiger partial charge in [0.25, 0.3) is 0 Å². The van der Waals surface area contributed by atoms with Crippen LogP contribution in [0.4, 0.5) is 0 Å². The maximum absolute atomic E-state index is 10.5. The summed E-state index contributed by atoms with van der Waals surface area (Å²) in [5.41, 5.74) is -1.89. The highest BCUT2D eigenvalue weighted by Gasteiger charge is 2.50. The lowest BCUT2D eigenvalue weighted by Crippen LogP contribution is -2.60. The molecule has 5 rings (SSSR count). The van der Waals surface area contributed by atoms with Gasteiger partial charge in [0, 0.05) is 16.8 Å². The predicted octanol–water partition coefficient (Wildman–Crippen LogP) is -0.649. The number of methoxy groups -OCH3 is 1. The zero-order chi connectivity index (χ0) is 27.2. The molecule has 2 heterocycles. The zero-order valence-electron chi connectivity index (χ0n) is 20.4. The number of phenols is 1. The number of hydrogen-bond donors (Lipinski definition) is 7. The van der Waals surface area contributed by atoms with Gasteiger partial charge < -0.3 is 59.4 Å². The minimum atomic E-state index is -1.89. The van der Waals surface area contributed by atoms with Crippen LogP contribution in [0.1, 0.15) is 0 Å². The largest absolute Gasteiger partial charge is 0.507 e. The van der Waals surface area contributed by atoms with Gasteiger partial charge in [-0.25, -0.2) is 0 Å². The fraction of sp³-hybridized carbons (Fsp3) is 0.462.